The van der Waals surface area contributed by atoms with Gasteiger partial charge in [0.25, 0.3) is 5.89 Å². The number of hydrogen-bond donors (Lipinski definition) is 1. The fourth-order valence-corrected chi connectivity index (χ4v) is 2.29. The van der Waals surface area contributed by atoms with Gasteiger partial charge in [0, 0.05) is 11.3 Å². The Morgan fingerprint density at radius 3 is 3.05 bits per heavy atom. The first-order chi connectivity index (χ1) is 9.15. The molecule has 2 rings (SSSR count). The monoisotopic (exact) mass is 278 g/mol. The average molecular weight is 278 g/mol. The van der Waals surface area contributed by atoms with Gasteiger partial charge in [0.2, 0.25) is 0 Å². The molecule has 5 nitrogen and oxygen atoms in total. The van der Waals surface area contributed by atoms with E-state index in [2.05, 4.69) is 10.1 Å². The molecule has 1 aromatic heterocycles. The maximum Gasteiger partial charge on any atom is 0.304 e. The van der Waals surface area contributed by atoms with E-state index in [9.17, 15) is 4.79 Å². The van der Waals surface area contributed by atoms with E-state index in [0.29, 0.717) is 23.2 Å². The lowest BCUT2D eigenvalue weighted by molar-refractivity contribution is -0.136. The second kappa shape index (κ2) is 6.38. The van der Waals surface area contributed by atoms with Crippen LogP contribution in [0.25, 0.3) is 11.5 Å². The van der Waals surface area contributed by atoms with Gasteiger partial charge in [0.15, 0.2) is 5.82 Å². The Hall–Kier alpha value is -1.82. The third-order valence-corrected chi connectivity index (χ3v) is 3.38. The van der Waals surface area contributed by atoms with Crippen molar-refractivity contribution in [1.82, 2.24) is 10.1 Å². The molecule has 0 spiro atoms. The van der Waals surface area contributed by atoms with Crippen LogP contribution in [-0.4, -0.2) is 27.0 Å². The van der Waals surface area contributed by atoms with Gasteiger partial charge in [-0.2, -0.15) is 16.7 Å². The molecule has 1 aromatic carbocycles. The Kier molecular flexibility index (Phi) is 4.57. The molecule has 0 bridgehead atoms. The number of aliphatic carboxylic acids is 1. The van der Waals surface area contributed by atoms with Crippen molar-refractivity contribution in [1.29, 1.82) is 0 Å². The van der Waals surface area contributed by atoms with Gasteiger partial charge in [0.05, 0.1) is 12.2 Å². The molecule has 0 aliphatic carbocycles. The van der Waals surface area contributed by atoms with E-state index in [4.69, 9.17) is 9.63 Å². The molecule has 0 fully saturated rings. The summed E-state index contributed by atoms with van der Waals surface area (Å²) in [5, 5.41) is 12.4. The third-order valence-electron chi connectivity index (χ3n) is 2.42. The topological polar surface area (TPSA) is 76.2 Å². The number of nitrogens with zero attached hydrogens (tertiary/aromatic N) is 2. The first-order valence-electron chi connectivity index (χ1n) is 5.84. The van der Waals surface area contributed by atoms with Gasteiger partial charge in [-0.15, -0.1) is 0 Å². The van der Waals surface area contributed by atoms with E-state index in [0.717, 1.165) is 11.1 Å². The number of carbonyl (C=O) groups is 1. The lowest BCUT2D eigenvalue weighted by atomic mass is 10.1. The molecule has 0 saturated heterocycles. The van der Waals surface area contributed by atoms with Crippen LogP contribution in [0, 0.1) is 6.92 Å². The number of aromatic nitrogens is 2. The highest BCUT2D eigenvalue weighted by Crippen LogP contribution is 2.19. The Labute approximate surface area is 115 Å². The van der Waals surface area contributed by atoms with Gasteiger partial charge >= 0.3 is 5.97 Å². The number of aryl methyl sites for hydroxylation is 1. The van der Waals surface area contributed by atoms with Crippen molar-refractivity contribution in [2.75, 3.05) is 5.75 Å². The second-order valence-corrected chi connectivity index (χ2v) is 5.19. The van der Waals surface area contributed by atoms with Gasteiger partial charge in [-0.3, -0.25) is 4.79 Å². The second-order valence-electron chi connectivity index (χ2n) is 4.08. The Morgan fingerprint density at radius 2 is 2.32 bits per heavy atom. The predicted molar refractivity (Wildman–Crippen MR) is 72.9 cm³/mol. The summed E-state index contributed by atoms with van der Waals surface area (Å²) in [7, 11) is 0. The van der Waals surface area contributed by atoms with Crippen LogP contribution in [0.15, 0.2) is 28.8 Å². The molecule has 1 N–H and O–H groups in total. The first-order valence-corrected chi connectivity index (χ1v) is 7.00. The van der Waals surface area contributed by atoms with Crippen molar-refractivity contribution in [3.05, 3.63) is 35.7 Å². The Balaban J connectivity index is 1.94. The number of thioether (sulfide) groups is 1. The molecule has 0 amide bonds. The number of benzene rings is 1. The highest BCUT2D eigenvalue weighted by molar-refractivity contribution is 7.98. The SMILES string of the molecule is Cc1cccc(-c2nc(CSCCC(=O)O)no2)c1. The minimum atomic E-state index is -0.791. The predicted octanol–water partition coefficient (Wildman–Crippen LogP) is 2.75. The van der Waals surface area contributed by atoms with E-state index in [1.165, 1.54) is 11.8 Å². The fourth-order valence-electron chi connectivity index (χ4n) is 1.53. The van der Waals surface area contributed by atoms with Crippen molar-refractivity contribution < 1.29 is 14.4 Å². The fraction of sp³-hybridized carbons (Fsp3) is 0.308. The first kappa shape index (κ1) is 13.6. The molecular formula is C13H14N2O3S. The summed E-state index contributed by atoms with van der Waals surface area (Å²) >= 11 is 1.48. The largest absolute Gasteiger partial charge is 0.481 e. The molecule has 19 heavy (non-hydrogen) atoms. The molecule has 2 aromatic rings. The summed E-state index contributed by atoms with van der Waals surface area (Å²) in [6, 6.07) is 7.84. The zero-order valence-electron chi connectivity index (χ0n) is 10.5. The molecule has 0 saturated carbocycles. The summed E-state index contributed by atoms with van der Waals surface area (Å²) in [6.45, 7) is 2.00. The number of carboxylic acids is 1. The highest BCUT2D eigenvalue weighted by atomic mass is 32.2. The van der Waals surface area contributed by atoms with Crippen LogP contribution in [-0.2, 0) is 10.5 Å². The van der Waals surface area contributed by atoms with Crippen LogP contribution in [0.5, 0.6) is 0 Å². The molecule has 0 unspecified atom stereocenters. The van der Waals surface area contributed by atoms with Crippen molar-refractivity contribution in [3.63, 3.8) is 0 Å². The summed E-state index contributed by atoms with van der Waals surface area (Å²) in [5.41, 5.74) is 2.03. The van der Waals surface area contributed by atoms with Gasteiger partial charge in [0.1, 0.15) is 0 Å². The van der Waals surface area contributed by atoms with Crippen LogP contribution < -0.4 is 0 Å². The van der Waals surface area contributed by atoms with Crippen LogP contribution in [0.3, 0.4) is 0 Å². The number of rotatable bonds is 6. The smallest absolute Gasteiger partial charge is 0.304 e. The maximum atomic E-state index is 10.4. The van der Waals surface area contributed by atoms with Gasteiger partial charge in [-0.25, -0.2) is 0 Å². The van der Waals surface area contributed by atoms with Crippen LogP contribution in [0.4, 0.5) is 0 Å². The molecule has 0 radical (unpaired) electrons. The van der Waals surface area contributed by atoms with Crippen molar-refractivity contribution in [2.45, 2.75) is 19.1 Å². The molecular weight excluding hydrogens is 264 g/mol. The summed E-state index contributed by atoms with van der Waals surface area (Å²) in [5.74, 6) is 1.40. The van der Waals surface area contributed by atoms with Gasteiger partial charge in [-0.05, 0) is 19.1 Å². The average Bonchev–Trinajstić information content (AvgIpc) is 2.83. The summed E-state index contributed by atoms with van der Waals surface area (Å²) < 4.78 is 5.19. The normalized spacial score (nSPS) is 10.6. The van der Waals surface area contributed by atoms with Crippen LogP contribution in [0.1, 0.15) is 17.8 Å². The molecule has 0 atom stereocenters. The van der Waals surface area contributed by atoms with E-state index in [1.807, 2.05) is 31.2 Å². The van der Waals surface area contributed by atoms with E-state index < -0.39 is 5.97 Å². The third kappa shape index (κ3) is 4.10. The summed E-state index contributed by atoms with van der Waals surface area (Å²) in [4.78, 5) is 14.7. The van der Waals surface area contributed by atoms with Crippen molar-refractivity contribution in [3.8, 4) is 11.5 Å². The van der Waals surface area contributed by atoms with Gasteiger partial charge < -0.3 is 9.63 Å². The minimum Gasteiger partial charge on any atom is -0.481 e. The lowest BCUT2D eigenvalue weighted by Gasteiger charge is -1.95. The zero-order chi connectivity index (χ0) is 13.7. The van der Waals surface area contributed by atoms with E-state index in [-0.39, 0.29) is 6.42 Å². The minimum absolute atomic E-state index is 0.146. The lowest BCUT2D eigenvalue weighted by Crippen LogP contribution is -1.96. The Bertz CT molecular complexity index is 569. The molecule has 100 valence electrons. The van der Waals surface area contributed by atoms with Crippen LogP contribution in [0.2, 0.25) is 0 Å². The number of carboxylic acid groups (broad SMARTS) is 1. The summed E-state index contributed by atoms with van der Waals surface area (Å²) in [6.07, 6.45) is 0.146. The molecule has 0 aliphatic rings. The quantitative estimate of drug-likeness (QED) is 0.819. The zero-order valence-corrected chi connectivity index (χ0v) is 11.3. The number of hydrogen-bond acceptors (Lipinski definition) is 5. The molecule has 6 heteroatoms. The highest BCUT2D eigenvalue weighted by Gasteiger charge is 2.09. The Morgan fingerprint density at radius 1 is 1.47 bits per heavy atom. The van der Waals surface area contributed by atoms with E-state index in [1.54, 1.807) is 0 Å². The van der Waals surface area contributed by atoms with Gasteiger partial charge in [-0.1, -0.05) is 22.9 Å². The van der Waals surface area contributed by atoms with E-state index >= 15 is 0 Å². The molecule has 0 aliphatic heterocycles. The van der Waals surface area contributed by atoms with Crippen LogP contribution >= 0.6 is 11.8 Å². The van der Waals surface area contributed by atoms with Crippen molar-refractivity contribution >= 4 is 17.7 Å². The van der Waals surface area contributed by atoms with Crippen molar-refractivity contribution in [2.24, 2.45) is 0 Å². The molecule has 1 heterocycles. The maximum absolute atomic E-state index is 10.4. The standard InChI is InChI=1S/C13H14N2O3S/c1-9-3-2-4-10(7-9)13-14-11(15-18-13)8-19-6-5-12(16)17/h2-4,7H,5-6,8H2,1H3,(H,16,17).